The molecule has 4 rings (SSSR count). The molecular weight excluding hydrogens is 393 g/mol. The zero-order valence-electron chi connectivity index (χ0n) is 16.5. The number of benzene rings is 1. The number of halogens is 1. The second-order valence-electron chi connectivity index (χ2n) is 6.99. The van der Waals surface area contributed by atoms with Crippen LogP contribution in [0.4, 0.5) is 4.39 Å². The first kappa shape index (κ1) is 20.3. The summed E-state index contributed by atoms with van der Waals surface area (Å²) in [6, 6.07) is 5.32. The SMILES string of the molecule is Cn1c(=O)c2nc(CNCCN3CCOCC3)nnc2n(-c2ccc(F)cc2)c1=O. The average molecular weight is 415 g/mol. The summed E-state index contributed by atoms with van der Waals surface area (Å²) < 4.78 is 20.8. The Morgan fingerprint density at radius 1 is 1.13 bits per heavy atom. The number of rotatable bonds is 6. The van der Waals surface area contributed by atoms with Gasteiger partial charge in [-0.05, 0) is 24.3 Å². The van der Waals surface area contributed by atoms with Gasteiger partial charge in [0, 0.05) is 33.2 Å². The Hall–Kier alpha value is -3.02. The molecule has 1 N–H and O–H groups in total. The summed E-state index contributed by atoms with van der Waals surface area (Å²) in [6.07, 6.45) is 0. The lowest BCUT2D eigenvalue weighted by Gasteiger charge is -2.26. The Bertz CT molecular complexity index is 1150. The fourth-order valence-electron chi connectivity index (χ4n) is 3.29. The number of ether oxygens (including phenoxy) is 1. The number of aromatic nitrogens is 5. The lowest BCUT2D eigenvalue weighted by molar-refractivity contribution is 0.0384. The standard InChI is InChI=1S/C19H22FN7O3/c1-25-18(28)16-17(27(19(25)29)14-4-2-13(20)3-5-14)24-23-15(22-16)12-21-6-7-26-8-10-30-11-9-26/h2-5,21H,6-12H2,1H3. The molecule has 0 saturated carbocycles. The molecule has 3 aromatic rings. The van der Waals surface area contributed by atoms with Crippen molar-refractivity contribution in [3.63, 3.8) is 0 Å². The van der Waals surface area contributed by atoms with Crippen molar-refractivity contribution in [3.8, 4) is 5.69 Å². The normalized spacial score (nSPS) is 15.0. The summed E-state index contributed by atoms with van der Waals surface area (Å²) in [7, 11) is 1.37. The zero-order chi connectivity index (χ0) is 21.1. The maximum absolute atomic E-state index is 13.3. The van der Waals surface area contributed by atoms with Crippen molar-refractivity contribution in [1.82, 2.24) is 34.5 Å². The molecule has 0 radical (unpaired) electrons. The molecule has 0 spiro atoms. The molecule has 10 nitrogen and oxygen atoms in total. The number of hydrogen-bond donors (Lipinski definition) is 1. The van der Waals surface area contributed by atoms with E-state index in [1.807, 2.05) is 0 Å². The van der Waals surface area contributed by atoms with E-state index in [0.717, 1.165) is 44.0 Å². The molecule has 1 saturated heterocycles. The molecule has 0 unspecified atom stereocenters. The van der Waals surface area contributed by atoms with Gasteiger partial charge in [-0.25, -0.2) is 18.7 Å². The van der Waals surface area contributed by atoms with Gasteiger partial charge in [-0.2, -0.15) is 0 Å². The van der Waals surface area contributed by atoms with Crippen LogP contribution in [0.25, 0.3) is 16.9 Å². The summed E-state index contributed by atoms with van der Waals surface area (Å²) >= 11 is 0. The van der Waals surface area contributed by atoms with E-state index in [9.17, 15) is 14.0 Å². The molecule has 3 heterocycles. The van der Waals surface area contributed by atoms with Gasteiger partial charge < -0.3 is 10.1 Å². The molecule has 30 heavy (non-hydrogen) atoms. The van der Waals surface area contributed by atoms with E-state index in [1.165, 1.54) is 35.9 Å². The molecule has 1 aromatic carbocycles. The van der Waals surface area contributed by atoms with E-state index >= 15 is 0 Å². The van der Waals surface area contributed by atoms with Crippen LogP contribution in [-0.2, 0) is 18.3 Å². The first-order chi connectivity index (χ1) is 14.5. The smallest absolute Gasteiger partial charge is 0.337 e. The highest BCUT2D eigenvalue weighted by Gasteiger charge is 2.16. The minimum atomic E-state index is -0.605. The molecule has 0 bridgehead atoms. The van der Waals surface area contributed by atoms with Crippen LogP contribution in [-0.4, -0.2) is 68.6 Å². The lowest BCUT2D eigenvalue weighted by Crippen LogP contribution is -2.40. The number of fused-ring (bicyclic) bond motifs is 1. The van der Waals surface area contributed by atoms with Crippen LogP contribution >= 0.6 is 0 Å². The van der Waals surface area contributed by atoms with Gasteiger partial charge in [0.15, 0.2) is 17.0 Å². The average Bonchev–Trinajstić information content (AvgIpc) is 2.77. The zero-order valence-corrected chi connectivity index (χ0v) is 16.5. The van der Waals surface area contributed by atoms with E-state index in [2.05, 4.69) is 25.4 Å². The van der Waals surface area contributed by atoms with Crippen LogP contribution in [0.2, 0.25) is 0 Å². The highest BCUT2D eigenvalue weighted by Crippen LogP contribution is 2.11. The Morgan fingerprint density at radius 2 is 1.87 bits per heavy atom. The van der Waals surface area contributed by atoms with Crippen molar-refractivity contribution in [3.05, 3.63) is 56.7 Å². The Kier molecular flexibility index (Phi) is 5.93. The van der Waals surface area contributed by atoms with Gasteiger partial charge >= 0.3 is 5.69 Å². The highest BCUT2D eigenvalue weighted by atomic mass is 19.1. The van der Waals surface area contributed by atoms with Gasteiger partial charge in [0.2, 0.25) is 0 Å². The van der Waals surface area contributed by atoms with E-state index in [0.29, 0.717) is 18.1 Å². The summed E-state index contributed by atoms with van der Waals surface area (Å²) in [5, 5.41) is 11.4. The maximum Gasteiger partial charge on any atom is 0.337 e. The van der Waals surface area contributed by atoms with E-state index in [1.54, 1.807) is 0 Å². The highest BCUT2D eigenvalue weighted by molar-refractivity contribution is 5.70. The molecule has 2 aromatic heterocycles. The summed E-state index contributed by atoms with van der Waals surface area (Å²) in [4.78, 5) is 31.9. The van der Waals surface area contributed by atoms with Crippen molar-refractivity contribution in [2.75, 3.05) is 39.4 Å². The number of hydrogen-bond acceptors (Lipinski definition) is 8. The van der Waals surface area contributed by atoms with Gasteiger partial charge in [0.1, 0.15) is 5.82 Å². The fraction of sp³-hybridized carbons (Fsp3) is 0.421. The van der Waals surface area contributed by atoms with Gasteiger partial charge in [0.25, 0.3) is 5.56 Å². The monoisotopic (exact) mass is 415 g/mol. The minimum Gasteiger partial charge on any atom is -0.379 e. The van der Waals surface area contributed by atoms with Crippen molar-refractivity contribution in [1.29, 1.82) is 0 Å². The molecule has 1 aliphatic heterocycles. The largest absolute Gasteiger partial charge is 0.379 e. The first-order valence-corrected chi connectivity index (χ1v) is 9.66. The number of morpholine rings is 1. The quantitative estimate of drug-likeness (QED) is 0.534. The van der Waals surface area contributed by atoms with Gasteiger partial charge in [-0.1, -0.05) is 0 Å². The molecule has 1 aliphatic rings. The molecular formula is C19H22FN7O3. The van der Waals surface area contributed by atoms with Crippen LogP contribution in [0.15, 0.2) is 33.9 Å². The Morgan fingerprint density at radius 3 is 2.60 bits per heavy atom. The van der Waals surface area contributed by atoms with Crippen molar-refractivity contribution >= 4 is 11.2 Å². The van der Waals surface area contributed by atoms with Crippen molar-refractivity contribution < 1.29 is 9.13 Å². The van der Waals surface area contributed by atoms with Crippen LogP contribution in [0.3, 0.4) is 0 Å². The number of nitrogens with zero attached hydrogens (tertiary/aromatic N) is 6. The van der Waals surface area contributed by atoms with Crippen LogP contribution in [0.1, 0.15) is 5.82 Å². The molecule has 0 aliphatic carbocycles. The van der Waals surface area contributed by atoms with Crippen LogP contribution < -0.4 is 16.6 Å². The van der Waals surface area contributed by atoms with E-state index in [-0.39, 0.29) is 11.2 Å². The predicted molar refractivity (Wildman–Crippen MR) is 107 cm³/mol. The van der Waals surface area contributed by atoms with Gasteiger partial charge in [-0.15, -0.1) is 10.2 Å². The minimum absolute atomic E-state index is 0.0291. The van der Waals surface area contributed by atoms with Crippen LogP contribution in [0.5, 0.6) is 0 Å². The first-order valence-electron chi connectivity index (χ1n) is 9.66. The van der Waals surface area contributed by atoms with Gasteiger partial charge in [-0.3, -0.25) is 14.3 Å². The van der Waals surface area contributed by atoms with E-state index < -0.39 is 17.1 Å². The van der Waals surface area contributed by atoms with Crippen molar-refractivity contribution in [2.24, 2.45) is 7.05 Å². The Labute approximate surface area is 170 Å². The molecule has 0 atom stereocenters. The van der Waals surface area contributed by atoms with Crippen molar-refractivity contribution in [2.45, 2.75) is 6.54 Å². The third kappa shape index (κ3) is 4.13. The van der Waals surface area contributed by atoms with Gasteiger partial charge in [0.05, 0.1) is 25.4 Å². The van der Waals surface area contributed by atoms with E-state index in [4.69, 9.17) is 4.74 Å². The molecule has 158 valence electrons. The molecule has 1 fully saturated rings. The third-order valence-corrected chi connectivity index (χ3v) is 4.99. The second-order valence-corrected chi connectivity index (χ2v) is 6.99. The third-order valence-electron chi connectivity index (χ3n) is 4.99. The summed E-state index contributed by atoms with van der Waals surface area (Å²) in [5.74, 6) is -0.0820. The molecule has 11 heteroatoms. The molecule has 0 amide bonds. The summed E-state index contributed by atoms with van der Waals surface area (Å²) in [5.41, 5.74) is -0.730. The summed E-state index contributed by atoms with van der Waals surface area (Å²) in [6.45, 7) is 5.25. The fourth-order valence-corrected chi connectivity index (χ4v) is 3.29. The maximum atomic E-state index is 13.3. The second kappa shape index (κ2) is 8.78. The predicted octanol–water partition coefficient (Wildman–Crippen LogP) is -0.565. The topological polar surface area (TPSA) is 107 Å². The Balaban J connectivity index is 1.58. The van der Waals surface area contributed by atoms with Crippen LogP contribution in [0, 0.1) is 5.82 Å². The lowest BCUT2D eigenvalue weighted by atomic mass is 10.3. The number of nitrogens with one attached hydrogen (secondary N) is 1.